The van der Waals surface area contributed by atoms with Crippen LogP contribution in [0, 0.1) is 5.92 Å². The van der Waals surface area contributed by atoms with Crippen LogP contribution in [0.15, 0.2) is 0 Å². The zero-order valence-corrected chi connectivity index (χ0v) is 9.75. The van der Waals surface area contributed by atoms with Crippen LogP contribution in [0.2, 0.25) is 0 Å². The van der Waals surface area contributed by atoms with Gasteiger partial charge in [-0.15, -0.1) is 0 Å². The van der Waals surface area contributed by atoms with Crippen molar-refractivity contribution in [3.8, 4) is 0 Å². The molecule has 0 spiro atoms. The average Bonchev–Trinajstić information content (AvgIpc) is 2.13. The first-order valence-electron chi connectivity index (χ1n) is 5.53. The second-order valence-electron chi connectivity index (χ2n) is 4.15. The van der Waals surface area contributed by atoms with Gasteiger partial charge in [0.05, 0.1) is 0 Å². The van der Waals surface area contributed by atoms with E-state index in [2.05, 4.69) is 25.8 Å². The number of carbonyl (C=O) groups is 1. The minimum absolute atomic E-state index is 0.178. The molecule has 0 bridgehead atoms. The van der Waals surface area contributed by atoms with Crippen LogP contribution in [-0.2, 0) is 4.79 Å². The van der Waals surface area contributed by atoms with Crippen LogP contribution in [0.5, 0.6) is 0 Å². The van der Waals surface area contributed by atoms with Gasteiger partial charge in [0.15, 0.2) is 0 Å². The van der Waals surface area contributed by atoms with Gasteiger partial charge in [0.2, 0.25) is 5.91 Å². The molecule has 1 unspecified atom stereocenters. The van der Waals surface area contributed by atoms with Crippen LogP contribution in [0.4, 0.5) is 0 Å². The minimum atomic E-state index is -0.178. The van der Waals surface area contributed by atoms with Gasteiger partial charge in [0, 0.05) is 6.42 Å². The average molecular weight is 200 g/mol. The fraction of sp³-hybridized carbons (Fsp3) is 0.909. The van der Waals surface area contributed by atoms with Crippen LogP contribution in [-0.4, -0.2) is 30.9 Å². The van der Waals surface area contributed by atoms with Gasteiger partial charge >= 0.3 is 0 Å². The molecular weight excluding hydrogens is 176 g/mol. The van der Waals surface area contributed by atoms with Crippen molar-refractivity contribution in [3.63, 3.8) is 0 Å². The lowest BCUT2D eigenvalue weighted by Gasteiger charge is -2.17. The van der Waals surface area contributed by atoms with E-state index in [0.29, 0.717) is 12.3 Å². The predicted octanol–water partition coefficient (Wildman–Crippen LogP) is 1.62. The first kappa shape index (κ1) is 13.4. The molecule has 84 valence electrons. The van der Waals surface area contributed by atoms with E-state index in [1.54, 1.807) is 0 Å². The Morgan fingerprint density at radius 3 is 2.57 bits per heavy atom. The monoisotopic (exact) mass is 200 g/mol. The number of primary amides is 1. The van der Waals surface area contributed by atoms with Crippen LogP contribution in [0.3, 0.4) is 0 Å². The summed E-state index contributed by atoms with van der Waals surface area (Å²) in [7, 11) is 2.14. The highest BCUT2D eigenvalue weighted by molar-refractivity contribution is 5.73. The van der Waals surface area contributed by atoms with Gasteiger partial charge < -0.3 is 10.6 Å². The minimum Gasteiger partial charge on any atom is -0.370 e. The van der Waals surface area contributed by atoms with Gasteiger partial charge in [0.25, 0.3) is 0 Å². The van der Waals surface area contributed by atoms with Crippen LogP contribution in [0.25, 0.3) is 0 Å². The molecule has 0 aromatic heterocycles. The lowest BCUT2D eigenvalue weighted by Crippen LogP contribution is -2.20. The van der Waals surface area contributed by atoms with E-state index in [4.69, 9.17) is 5.73 Å². The Labute approximate surface area is 87.6 Å². The van der Waals surface area contributed by atoms with Gasteiger partial charge in [-0.05, 0) is 38.9 Å². The molecule has 0 fully saturated rings. The molecule has 0 aromatic carbocycles. The van der Waals surface area contributed by atoms with E-state index in [9.17, 15) is 4.79 Å². The maximum absolute atomic E-state index is 10.5. The number of nitrogens with two attached hydrogens (primary N) is 1. The molecule has 0 saturated heterocycles. The highest BCUT2D eigenvalue weighted by atomic mass is 16.1. The van der Waals surface area contributed by atoms with Crippen molar-refractivity contribution in [2.75, 3.05) is 20.1 Å². The Balaban J connectivity index is 3.36. The van der Waals surface area contributed by atoms with Gasteiger partial charge in [0.1, 0.15) is 0 Å². The zero-order chi connectivity index (χ0) is 11.0. The number of amides is 1. The van der Waals surface area contributed by atoms with E-state index in [1.165, 1.54) is 6.42 Å². The van der Waals surface area contributed by atoms with E-state index in [0.717, 1.165) is 25.9 Å². The molecule has 0 aliphatic heterocycles. The summed E-state index contributed by atoms with van der Waals surface area (Å²) < 4.78 is 0. The molecule has 0 saturated carbocycles. The lowest BCUT2D eigenvalue weighted by atomic mass is 10.0. The van der Waals surface area contributed by atoms with E-state index in [-0.39, 0.29) is 5.91 Å². The predicted molar refractivity (Wildman–Crippen MR) is 60.0 cm³/mol. The Hall–Kier alpha value is -0.570. The SMILES string of the molecule is CCN(C)CCC(C)CCCC(N)=O. The topological polar surface area (TPSA) is 46.3 Å². The highest BCUT2D eigenvalue weighted by Crippen LogP contribution is 2.11. The second kappa shape index (κ2) is 7.80. The van der Waals surface area contributed by atoms with Gasteiger partial charge in [-0.2, -0.15) is 0 Å². The van der Waals surface area contributed by atoms with Crippen LogP contribution < -0.4 is 5.73 Å². The van der Waals surface area contributed by atoms with Crippen molar-refractivity contribution in [1.82, 2.24) is 4.90 Å². The van der Waals surface area contributed by atoms with Gasteiger partial charge in [-0.3, -0.25) is 4.79 Å². The molecule has 0 aromatic rings. The number of nitrogens with zero attached hydrogens (tertiary/aromatic N) is 1. The molecule has 0 radical (unpaired) electrons. The van der Waals surface area contributed by atoms with Gasteiger partial charge in [-0.25, -0.2) is 0 Å². The molecule has 0 aliphatic rings. The second-order valence-corrected chi connectivity index (χ2v) is 4.15. The first-order valence-corrected chi connectivity index (χ1v) is 5.53. The zero-order valence-electron chi connectivity index (χ0n) is 9.75. The molecule has 2 N–H and O–H groups in total. The number of hydrogen-bond donors (Lipinski definition) is 1. The molecule has 0 aliphatic carbocycles. The number of hydrogen-bond acceptors (Lipinski definition) is 2. The maximum atomic E-state index is 10.5. The third-order valence-electron chi connectivity index (χ3n) is 2.66. The summed E-state index contributed by atoms with van der Waals surface area (Å²) in [4.78, 5) is 12.8. The van der Waals surface area contributed by atoms with Crippen molar-refractivity contribution in [2.24, 2.45) is 11.7 Å². The summed E-state index contributed by atoms with van der Waals surface area (Å²) in [5, 5.41) is 0. The Bertz CT molecular complexity index is 159. The molecule has 14 heavy (non-hydrogen) atoms. The molecule has 0 rings (SSSR count). The van der Waals surface area contributed by atoms with Crippen LogP contribution in [0.1, 0.15) is 39.5 Å². The molecule has 3 nitrogen and oxygen atoms in total. The normalized spacial score (nSPS) is 13.1. The standard InChI is InChI=1S/C11H24N2O/c1-4-13(3)9-8-10(2)6-5-7-11(12)14/h10H,4-9H2,1-3H3,(H2,12,14). The van der Waals surface area contributed by atoms with Crippen molar-refractivity contribution >= 4 is 5.91 Å². The van der Waals surface area contributed by atoms with Crippen molar-refractivity contribution < 1.29 is 4.79 Å². The summed E-state index contributed by atoms with van der Waals surface area (Å²) in [6, 6.07) is 0. The summed E-state index contributed by atoms with van der Waals surface area (Å²) >= 11 is 0. The number of rotatable bonds is 8. The molecule has 1 amide bonds. The summed E-state index contributed by atoms with van der Waals surface area (Å²) in [5.74, 6) is 0.520. The smallest absolute Gasteiger partial charge is 0.217 e. The maximum Gasteiger partial charge on any atom is 0.217 e. The molecule has 1 atom stereocenters. The first-order chi connectivity index (χ1) is 6.56. The van der Waals surface area contributed by atoms with Crippen LogP contribution >= 0.6 is 0 Å². The van der Waals surface area contributed by atoms with Crippen molar-refractivity contribution in [2.45, 2.75) is 39.5 Å². The third kappa shape index (κ3) is 8.05. The third-order valence-corrected chi connectivity index (χ3v) is 2.66. The molecule has 3 heteroatoms. The molecule has 0 heterocycles. The Morgan fingerprint density at radius 2 is 2.07 bits per heavy atom. The fourth-order valence-electron chi connectivity index (χ4n) is 1.37. The summed E-state index contributed by atoms with van der Waals surface area (Å²) in [5.41, 5.74) is 5.08. The van der Waals surface area contributed by atoms with E-state index in [1.807, 2.05) is 0 Å². The lowest BCUT2D eigenvalue weighted by molar-refractivity contribution is -0.118. The fourth-order valence-corrected chi connectivity index (χ4v) is 1.37. The summed E-state index contributed by atoms with van der Waals surface area (Å²) in [6.45, 7) is 6.66. The summed E-state index contributed by atoms with van der Waals surface area (Å²) in [6.07, 6.45) is 3.80. The number of carbonyl (C=O) groups excluding carboxylic acids is 1. The Kier molecular flexibility index (Phi) is 7.48. The van der Waals surface area contributed by atoms with Crippen molar-refractivity contribution in [1.29, 1.82) is 0 Å². The highest BCUT2D eigenvalue weighted by Gasteiger charge is 2.04. The largest absolute Gasteiger partial charge is 0.370 e. The van der Waals surface area contributed by atoms with Crippen molar-refractivity contribution in [3.05, 3.63) is 0 Å². The van der Waals surface area contributed by atoms with E-state index < -0.39 is 0 Å². The van der Waals surface area contributed by atoms with E-state index >= 15 is 0 Å². The molecular formula is C11H24N2O. The van der Waals surface area contributed by atoms with Gasteiger partial charge in [-0.1, -0.05) is 20.3 Å². The quantitative estimate of drug-likeness (QED) is 0.647. The Morgan fingerprint density at radius 1 is 1.43 bits per heavy atom.